The average Bonchev–Trinajstić information content (AvgIpc) is 3.28. The van der Waals surface area contributed by atoms with E-state index in [0.29, 0.717) is 22.3 Å². The summed E-state index contributed by atoms with van der Waals surface area (Å²) in [4.78, 5) is 2.31. The van der Waals surface area contributed by atoms with Crippen molar-refractivity contribution in [3.8, 4) is 17.6 Å². The molecule has 0 saturated heterocycles. The molecule has 1 heterocycles. The summed E-state index contributed by atoms with van der Waals surface area (Å²) in [5, 5.41) is 7.34. The number of benzene rings is 2. The number of methoxy groups -OCH3 is 1. The molecule has 0 bridgehead atoms. The number of rotatable bonds is 9. The van der Waals surface area contributed by atoms with Crippen LogP contribution in [0.2, 0.25) is 0 Å². The maximum Gasteiger partial charge on any atom is 0.406 e. The number of aromatic nitrogens is 1. The molecule has 42 heavy (non-hydrogen) atoms. The third-order valence-corrected chi connectivity index (χ3v) is 9.53. The summed E-state index contributed by atoms with van der Waals surface area (Å²) < 4.78 is 73.8. The quantitative estimate of drug-likeness (QED) is 0.289. The molecule has 0 unspecified atom stereocenters. The number of hydrogen-bond acceptors (Lipinski definition) is 6. The zero-order valence-electron chi connectivity index (χ0n) is 24.5. The van der Waals surface area contributed by atoms with Crippen LogP contribution in [-0.2, 0) is 16.6 Å². The standard InChI is InChI=1S/C30H38F3N5O3S/c1-29(37(3)4)15-13-21(14-16-29)36-25-9-6-10-27-24(25)18-22(38(27)20-30(31,32)33)8-7-17-35-26-12-11-23(19-28(26)41-5)42(39,40)34-2/h6,9-12,18-19,21,34-36H,13-17,20H2,1-5H3. The third-order valence-electron chi connectivity index (χ3n) is 8.12. The molecule has 1 saturated carbocycles. The monoisotopic (exact) mass is 605 g/mol. The van der Waals surface area contributed by atoms with Crippen molar-refractivity contribution in [1.29, 1.82) is 0 Å². The lowest BCUT2D eigenvalue weighted by atomic mass is 9.80. The van der Waals surface area contributed by atoms with E-state index in [-0.39, 0.29) is 28.7 Å². The van der Waals surface area contributed by atoms with Crippen LogP contribution in [0.25, 0.3) is 10.9 Å². The molecule has 1 aromatic heterocycles. The minimum absolute atomic E-state index is 0.0412. The number of nitrogens with zero attached hydrogens (tertiary/aromatic N) is 2. The minimum atomic E-state index is -4.42. The van der Waals surface area contributed by atoms with Crippen LogP contribution in [0.5, 0.6) is 5.75 Å². The lowest BCUT2D eigenvalue weighted by Crippen LogP contribution is -2.46. The molecule has 3 aromatic rings. The molecule has 12 heteroatoms. The lowest BCUT2D eigenvalue weighted by Gasteiger charge is -2.42. The summed E-state index contributed by atoms with van der Waals surface area (Å²) in [7, 11) is 3.27. The van der Waals surface area contributed by atoms with Crippen molar-refractivity contribution in [1.82, 2.24) is 14.2 Å². The molecular formula is C30H38F3N5O3S. The fourth-order valence-corrected chi connectivity index (χ4v) is 6.04. The van der Waals surface area contributed by atoms with Gasteiger partial charge in [-0.25, -0.2) is 13.1 Å². The SMILES string of the molecule is CNS(=O)(=O)c1ccc(NCC#Cc2cc3c(NC4CCC(C)(N(C)C)CC4)cccc3n2CC(F)(F)F)c(OC)c1. The largest absolute Gasteiger partial charge is 0.495 e. The molecule has 0 spiro atoms. The predicted octanol–water partition coefficient (Wildman–Crippen LogP) is 5.26. The van der Waals surface area contributed by atoms with Crippen LogP contribution in [0.15, 0.2) is 47.4 Å². The van der Waals surface area contributed by atoms with Crippen LogP contribution in [0, 0.1) is 11.8 Å². The number of fused-ring (bicyclic) bond motifs is 1. The molecule has 0 atom stereocenters. The smallest absolute Gasteiger partial charge is 0.406 e. The first kappa shape index (κ1) is 31.5. The van der Waals surface area contributed by atoms with Gasteiger partial charge >= 0.3 is 6.18 Å². The summed E-state index contributed by atoms with van der Waals surface area (Å²) in [6.45, 7) is 1.21. The first-order valence-electron chi connectivity index (χ1n) is 13.7. The highest BCUT2D eigenvalue weighted by atomic mass is 32.2. The maximum atomic E-state index is 13.6. The third kappa shape index (κ3) is 7.14. The molecule has 3 N–H and O–H groups in total. The molecule has 2 aromatic carbocycles. The fourth-order valence-electron chi connectivity index (χ4n) is 5.29. The Bertz CT molecular complexity index is 1580. The van der Waals surface area contributed by atoms with Crippen LogP contribution >= 0.6 is 0 Å². The second-order valence-electron chi connectivity index (χ2n) is 11.0. The number of anilines is 2. The Morgan fingerprint density at radius 2 is 1.83 bits per heavy atom. The Morgan fingerprint density at radius 3 is 2.45 bits per heavy atom. The van der Waals surface area contributed by atoms with Crippen molar-refractivity contribution < 1.29 is 26.3 Å². The van der Waals surface area contributed by atoms with Crippen LogP contribution in [0.3, 0.4) is 0 Å². The van der Waals surface area contributed by atoms with Gasteiger partial charge in [0.2, 0.25) is 10.0 Å². The zero-order chi connectivity index (χ0) is 30.7. The van der Waals surface area contributed by atoms with Crippen molar-refractivity contribution >= 4 is 32.3 Å². The molecule has 1 aliphatic carbocycles. The number of nitrogens with one attached hydrogen (secondary N) is 3. The van der Waals surface area contributed by atoms with Crippen LogP contribution in [-0.4, -0.2) is 70.4 Å². The molecule has 0 aliphatic heterocycles. The minimum Gasteiger partial charge on any atom is -0.495 e. The Kier molecular flexibility index (Phi) is 9.35. The van der Waals surface area contributed by atoms with Gasteiger partial charge in [0, 0.05) is 28.7 Å². The van der Waals surface area contributed by atoms with Crippen molar-refractivity contribution in [2.75, 3.05) is 45.4 Å². The molecule has 1 fully saturated rings. The highest BCUT2D eigenvalue weighted by molar-refractivity contribution is 7.89. The Morgan fingerprint density at radius 1 is 1.12 bits per heavy atom. The van der Waals surface area contributed by atoms with Crippen LogP contribution < -0.4 is 20.1 Å². The fraction of sp³-hybridized carbons (Fsp3) is 0.467. The first-order chi connectivity index (χ1) is 19.8. The van der Waals surface area contributed by atoms with E-state index in [0.717, 1.165) is 31.4 Å². The maximum absolute atomic E-state index is 13.6. The Hall–Kier alpha value is -3.40. The van der Waals surface area contributed by atoms with Crippen LogP contribution in [0.1, 0.15) is 38.3 Å². The van der Waals surface area contributed by atoms with E-state index in [4.69, 9.17) is 4.74 Å². The van der Waals surface area contributed by atoms with E-state index in [1.165, 1.54) is 30.9 Å². The number of alkyl halides is 3. The summed E-state index contributed by atoms with van der Waals surface area (Å²) in [6.07, 6.45) is -0.417. The van der Waals surface area contributed by atoms with E-state index in [9.17, 15) is 21.6 Å². The molecule has 228 valence electrons. The lowest BCUT2D eigenvalue weighted by molar-refractivity contribution is -0.140. The first-order valence-corrected chi connectivity index (χ1v) is 15.2. The summed E-state index contributed by atoms with van der Waals surface area (Å²) in [6, 6.07) is 11.7. The summed E-state index contributed by atoms with van der Waals surface area (Å²) in [5.41, 5.74) is 2.17. The van der Waals surface area contributed by atoms with E-state index in [1.807, 2.05) is 6.07 Å². The zero-order valence-corrected chi connectivity index (χ0v) is 25.3. The Labute approximate surface area is 245 Å². The topological polar surface area (TPSA) is 87.6 Å². The molecule has 4 rings (SSSR count). The highest BCUT2D eigenvalue weighted by Crippen LogP contribution is 2.35. The van der Waals surface area contributed by atoms with Gasteiger partial charge in [0.25, 0.3) is 0 Å². The van der Waals surface area contributed by atoms with E-state index in [1.54, 1.807) is 24.3 Å². The van der Waals surface area contributed by atoms with Gasteiger partial charge in [-0.3, -0.25) is 0 Å². The second-order valence-corrected chi connectivity index (χ2v) is 12.9. The Balaban J connectivity index is 1.57. The molecule has 0 radical (unpaired) electrons. The van der Waals surface area contributed by atoms with Gasteiger partial charge in [-0.2, -0.15) is 13.2 Å². The van der Waals surface area contributed by atoms with E-state index in [2.05, 4.69) is 53.1 Å². The molecule has 0 amide bonds. The number of halogens is 3. The molecule has 1 aliphatic rings. The van der Waals surface area contributed by atoms with Crippen molar-refractivity contribution in [2.24, 2.45) is 0 Å². The molecular weight excluding hydrogens is 567 g/mol. The predicted molar refractivity (Wildman–Crippen MR) is 161 cm³/mol. The number of ether oxygens (including phenoxy) is 1. The van der Waals surface area contributed by atoms with Gasteiger partial charge in [0.05, 0.1) is 35.4 Å². The van der Waals surface area contributed by atoms with Gasteiger partial charge < -0.3 is 24.8 Å². The van der Waals surface area contributed by atoms with Crippen LogP contribution in [0.4, 0.5) is 24.5 Å². The molecule has 8 nitrogen and oxygen atoms in total. The summed E-state index contributed by atoms with van der Waals surface area (Å²) >= 11 is 0. The number of hydrogen-bond donors (Lipinski definition) is 3. The number of sulfonamides is 1. The normalized spacial score (nSPS) is 19.4. The van der Waals surface area contributed by atoms with Gasteiger partial charge in [-0.15, -0.1) is 0 Å². The van der Waals surface area contributed by atoms with Gasteiger partial charge in [-0.05, 0) is 90.0 Å². The average molecular weight is 606 g/mol. The summed E-state index contributed by atoms with van der Waals surface area (Å²) in [5.74, 6) is 6.10. The van der Waals surface area contributed by atoms with Gasteiger partial charge in [-0.1, -0.05) is 12.0 Å². The van der Waals surface area contributed by atoms with Crippen molar-refractivity contribution in [2.45, 2.75) is 61.8 Å². The van der Waals surface area contributed by atoms with E-state index < -0.39 is 22.7 Å². The van der Waals surface area contributed by atoms with Crippen molar-refractivity contribution in [3.05, 3.63) is 48.2 Å². The highest BCUT2D eigenvalue weighted by Gasteiger charge is 2.33. The van der Waals surface area contributed by atoms with Gasteiger partial charge in [0.1, 0.15) is 12.3 Å². The van der Waals surface area contributed by atoms with E-state index >= 15 is 0 Å². The van der Waals surface area contributed by atoms with Crippen molar-refractivity contribution in [3.63, 3.8) is 0 Å². The second kappa shape index (κ2) is 12.5. The van der Waals surface area contributed by atoms with Gasteiger partial charge in [0.15, 0.2) is 0 Å².